The molecule has 0 aliphatic carbocycles. The lowest BCUT2D eigenvalue weighted by Gasteiger charge is -2.41. The van der Waals surface area contributed by atoms with Crippen LogP contribution < -0.4 is 4.90 Å². The number of para-hydroxylation sites is 3. The Hall–Kier alpha value is -6.00. The monoisotopic (exact) mass is 603 g/mol. The standard InChI is InChI=1S/C43H29N3O/c1-43(2)33-19-9-11-21-35(33)46(40-38(43)30-16-6-5-15-29(30)37-32-18-8-12-22-36(32)47-41(37)40)42-44-34-20-10-7-17-31(34)39(45-42)28-24-23-26-13-3-4-14-27(26)25-28/h3-25H,1-2H3. The molecule has 0 N–H and O–H groups in total. The van der Waals surface area contributed by atoms with Crippen molar-refractivity contribution in [3.8, 4) is 11.3 Å². The lowest BCUT2D eigenvalue weighted by atomic mass is 9.71. The maximum atomic E-state index is 6.87. The summed E-state index contributed by atoms with van der Waals surface area (Å²) in [5.74, 6) is 0.619. The van der Waals surface area contributed by atoms with E-state index in [-0.39, 0.29) is 5.41 Å². The molecule has 47 heavy (non-hydrogen) atoms. The highest BCUT2D eigenvalue weighted by Crippen LogP contribution is 2.57. The van der Waals surface area contributed by atoms with Crippen LogP contribution in [0.5, 0.6) is 0 Å². The molecule has 222 valence electrons. The quantitative estimate of drug-likeness (QED) is 0.197. The van der Waals surface area contributed by atoms with Crippen LogP contribution in [0.25, 0.3) is 65.6 Å². The third-order valence-electron chi connectivity index (χ3n) is 9.99. The zero-order valence-electron chi connectivity index (χ0n) is 26.0. The minimum atomic E-state index is -0.326. The molecule has 0 saturated heterocycles. The summed E-state index contributed by atoms with van der Waals surface area (Å²) in [6.07, 6.45) is 0. The zero-order valence-corrected chi connectivity index (χ0v) is 26.0. The third kappa shape index (κ3) is 3.64. The maximum Gasteiger partial charge on any atom is 0.235 e. The molecule has 0 unspecified atom stereocenters. The van der Waals surface area contributed by atoms with E-state index in [1.807, 2.05) is 6.07 Å². The predicted molar refractivity (Wildman–Crippen MR) is 194 cm³/mol. The summed E-state index contributed by atoms with van der Waals surface area (Å²) in [5, 5.41) is 8.02. The van der Waals surface area contributed by atoms with E-state index in [1.54, 1.807) is 0 Å². The first-order valence-electron chi connectivity index (χ1n) is 16.1. The summed E-state index contributed by atoms with van der Waals surface area (Å²) >= 11 is 0. The van der Waals surface area contributed by atoms with Crippen molar-refractivity contribution in [2.75, 3.05) is 4.90 Å². The fraction of sp³-hybridized carbons (Fsp3) is 0.0698. The molecule has 0 amide bonds. The van der Waals surface area contributed by atoms with Crippen LogP contribution in [0.3, 0.4) is 0 Å². The summed E-state index contributed by atoms with van der Waals surface area (Å²) in [6.45, 7) is 4.65. The van der Waals surface area contributed by atoms with Gasteiger partial charge in [-0.1, -0.05) is 129 Å². The normalized spacial score (nSPS) is 13.9. The average Bonchev–Trinajstić information content (AvgIpc) is 3.51. The molecule has 3 heterocycles. The molecule has 4 heteroatoms. The number of benzene rings is 7. The molecule has 2 aromatic heterocycles. The summed E-state index contributed by atoms with van der Waals surface area (Å²) in [6, 6.07) is 49.2. The van der Waals surface area contributed by atoms with Crippen LogP contribution in [0.2, 0.25) is 0 Å². The van der Waals surface area contributed by atoms with Crippen molar-refractivity contribution in [2.45, 2.75) is 19.3 Å². The van der Waals surface area contributed by atoms with E-state index < -0.39 is 0 Å². The number of furan rings is 1. The van der Waals surface area contributed by atoms with Crippen LogP contribution in [0.4, 0.5) is 17.3 Å². The van der Waals surface area contributed by atoms with E-state index in [4.69, 9.17) is 14.4 Å². The topological polar surface area (TPSA) is 42.2 Å². The van der Waals surface area contributed by atoms with Crippen molar-refractivity contribution >= 4 is 71.7 Å². The Labute approximate surface area is 271 Å². The highest BCUT2D eigenvalue weighted by atomic mass is 16.3. The number of rotatable bonds is 2. The van der Waals surface area contributed by atoms with Crippen LogP contribution in [0, 0.1) is 0 Å². The first kappa shape index (κ1) is 26.2. The number of anilines is 3. The van der Waals surface area contributed by atoms with Crippen LogP contribution in [-0.4, -0.2) is 9.97 Å². The zero-order chi connectivity index (χ0) is 31.3. The lowest BCUT2D eigenvalue weighted by Crippen LogP contribution is -2.32. The number of hydrogen-bond donors (Lipinski definition) is 0. The Kier molecular flexibility index (Phi) is 5.31. The first-order chi connectivity index (χ1) is 23.1. The van der Waals surface area contributed by atoms with Crippen molar-refractivity contribution in [1.82, 2.24) is 9.97 Å². The van der Waals surface area contributed by atoms with Gasteiger partial charge in [0, 0.05) is 27.1 Å². The summed E-state index contributed by atoms with van der Waals surface area (Å²) in [7, 11) is 0. The van der Waals surface area contributed by atoms with Gasteiger partial charge >= 0.3 is 0 Å². The lowest BCUT2D eigenvalue weighted by molar-refractivity contribution is 0.628. The Morgan fingerprint density at radius 1 is 0.596 bits per heavy atom. The highest BCUT2D eigenvalue weighted by molar-refractivity contribution is 6.25. The fourth-order valence-electron chi connectivity index (χ4n) is 7.87. The van der Waals surface area contributed by atoms with Gasteiger partial charge in [-0.15, -0.1) is 0 Å². The molecular formula is C43H29N3O. The molecule has 0 fully saturated rings. The van der Waals surface area contributed by atoms with Crippen LogP contribution in [0.15, 0.2) is 144 Å². The van der Waals surface area contributed by atoms with Gasteiger partial charge in [0.05, 0.1) is 22.6 Å². The largest absolute Gasteiger partial charge is 0.454 e. The van der Waals surface area contributed by atoms with E-state index in [9.17, 15) is 0 Å². The molecule has 9 aromatic rings. The molecule has 1 aliphatic heterocycles. The number of aromatic nitrogens is 2. The fourth-order valence-corrected chi connectivity index (χ4v) is 7.87. The maximum absolute atomic E-state index is 6.87. The molecule has 0 bridgehead atoms. The van der Waals surface area contributed by atoms with E-state index >= 15 is 0 Å². The Morgan fingerprint density at radius 3 is 2.15 bits per heavy atom. The Morgan fingerprint density at radius 2 is 1.28 bits per heavy atom. The Bertz CT molecular complexity index is 2740. The van der Waals surface area contributed by atoms with Gasteiger partial charge in [-0.25, -0.2) is 9.97 Å². The van der Waals surface area contributed by atoms with Gasteiger partial charge < -0.3 is 4.42 Å². The SMILES string of the molecule is CC1(C)c2ccccc2N(c2nc(-c3ccc4ccccc4c3)c3ccccc3n2)c2c1c1ccccc1c1c2oc2ccccc21. The molecule has 4 nitrogen and oxygen atoms in total. The average molecular weight is 604 g/mol. The second kappa shape index (κ2) is 9.51. The predicted octanol–water partition coefficient (Wildman–Crippen LogP) is 11.6. The number of nitrogens with zero attached hydrogens (tertiary/aromatic N) is 3. The summed E-state index contributed by atoms with van der Waals surface area (Å²) in [4.78, 5) is 13.0. The third-order valence-corrected chi connectivity index (χ3v) is 9.99. The van der Waals surface area contributed by atoms with Crippen molar-refractivity contribution < 1.29 is 4.42 Å². The van der Waals surface area contributed by atoms with E-state index in [0.29, 0.717) is 5.95 Å². The van der Waals surface area contributed by atoms with E-state index in [2.05, 4.69) is 152 Å². The summed E-state index contributed by atoms with van der Waals surface area (Å²) in [5.41, 5.74) is 8.74. The molecule has 0 spiro atoms. The molecule has 7 aromatic carbocycles. The summed E-state index contributed by atoms with van der Waals surface area (Å²) < 4.78 is 6.87. The van der Waals surface area contributed by atoms with Gasteiger partial charge in [-0.3, -0.25) is 4.90 Å². The van der Waals surface area contributed by atoms with Gasteiger partial charge in [0.2, 0.25) is 5.95 Å². The van der Waals surface area contributed by atoms with Crippen molar-refractivity contribution in [2.24, 2.45) is 0 Å². The van der Waals surface area contributed by atoms with Crippen LogP contribution in [-0.2, 0) is 5.41 Å². The molecular weight excluding hydrogens is 574 g/mol. The van der Waals surface area contributed by atoms with Crippen molar-refractivity contribution in [3.05, 3.63) is 151 Å². The van der Waals surface area contributed by atoms with Gasteiger partial charge in [-0.05, 0) is 56.9 Å². The van der Waals surface area contributed by atoms with Gasteiger partial charge in [0.25, 0.3) is 0 Å². The number of fused-ring (bicyclic) bond motifs is 11. The molecule has 0 radical (unpaired) electrons. The highest BCUT2D eigenvalue weighted by Gasteiger charge is 2.42. The van der Waals surface area contributed by atoms with Crippen LogP contribution in [0.1, 0.15) is 25.0 Å². The smallest absolute Gasteiger partial charge is 0.235 e. The first-order valence-corrected chi connectivity index (χ1v) is 16.1. The van der Waals surface area contributed by atoms with E-state index in [0.717, 1.165) is 55.5 Å². The molecule has 0 saturated carbocycles. The molecule has 1 aliphatic rings. The second-order valence-electron chi connectivity index (χ2n) is 13.0. The van der Waals surface area contributed by atoms with Gasteiger partial charge in [0.1, 0.15) is 5.58 Å². The minimum absolute atomic E-state index is 0.326. The minimum Gasteiger partial charge on any atom is -0.454 e. The van der Waals surface area contributed by atoms with Gasteiger partial charge in [0.15, 0.2) is 5.58 Å². The molecule has 0 atom stereocenters. The van der Waals surface area contributed by atoms with Crippen molar-refractivity contribution in [1.29, 1.82) is 0 Å². The second-order valence-corrected chi connectivity index (χ2v) is 13.0. The number of hydrogen-bond acceptors (Lipinski definition) is 4. The van der Waals surface area contributed by atoms with E-state index in [1.165, 1.54) is 32.7 Å². The van der Waals surface area contributed by atoms with Gasteiger partial charge in [-0.2, -0.15) is 0 Å². The Balaban J connectivity index is 1.36. The van der Waals surface area contributed by atoms with Crippen molar-refractivity contribution in [3.63, 3.8) is 0 Å². The van der Waals surface area contributed by atoms with Crippen LogP contribution >= 0.6 is 0 Å². The molecule has 10 rings (SSSR count).